The summed E-state index contributed by atoms with van der Waals surface area (Å²) in [5, 5.41) is 7.50. The second kappa shape index (κ2) is 28.0. The average molecular weight is 710 g/mol. The highest BCUT2D eigenvalue weighted by molar-refractivity contribution is 7.94. The number of hydrogen-bond donors (Lipinski definition) is 1. The number of nitrogens with one attached hydrogen (secondary N) is 1. The Balaban J connectivity index is 0.000000396. The maximum Gasteiger partial charge on any atom is 0.223 e. The molecule has 0 aromatic heterocycles. The molecule has 4 aromatic rings. The Morgan fingerprint density at radius 3 is 1.31 bits per heavy atom. The minimum absolute atomic E-state index is 0.316. The Morgan fingerprint density at radius 2 is 0.961 bits per heavy atom. The molecule has 2 aliphatic carbocycles. The fourth-order valence-electron chi connectivity index (χ4n) is 6.80. The van der Waals surface area contributed by atoms with Gasteiger partial charge >= 0.3 is 0 Å². The van der Waals surface area contributed by atoms with Crippen LogP contribution in [-0.2, 0) is 9.59 Å². The third-order valence-corrected chi connectivity index (χ3v) is 13.6. The third kappa shape index (κ3) is 15.6. The number of amides is 1. The summed E-state index contributed by atoms with van der Waals surface area (Å²) in [5.41, 5.74) is 0.378. The molecular formula is C47H68NO2P. The molecule has 51 heavy (non-hydrogen) atoms. The van der Waals surface area contributed by atoms with Gasteiger partial charge in [-0.2, -0.15) is 0 Å². The van der Waals surface area contributed by atoms with Crippen LogP contribution in [-0.4, -0.2) is 25.0 Å². The van der Waals surface area contributed by atoms with Gasteiger partial charge in [-0.1, -0.05) is 213 Å². The first-order chi connectivity index (χ1) is 25.1. The fourth-order valence-corrected chi connectivity index (χ4v) is 10.8. The van der Waals surface area contributed by atoms with E-state index in [4.69, 9.17) is 4.79 Å². The van der Waals surface area contributed by atoms with Gasteiger partial charge in [-0.05, 0) is 60.3 Å². The second-order valence-corrected chi connectivity index (χ2v) is 16.3. The molecule has 0 atom stereocenters. The molecule has 0 unspecified atom stereocenters. The summed E-state index contributed by atoms with van der Waals surface area (Å²) >= 11 is 0. The topological polar surface area (TPSA) is 46.2 Å². The van der Waals surface area contributed by atoms with Gasteiger partial charge in [-0.25, -0.2) is 0 Å². The molecule has 1 N–H and O–H groups in total. The van der Waals surface area contributed by atoms with Crippen LogP contribution in [0.2, 0.25) is 0 Å². The summed E-state index contributed by atoms with van der Waals surface area (Å²) in [4.78, 5) is 20.1. The van der Waals surface area contributed by atoms with Gasteiger partial charge in [-0.15, -0.1) is 0 Å². The third-order valence-electron chi connectivity index (χ3n) is 9.34. The molecule has 6 rings (SSSR count). The Hall–Kier alpha value is -3.68. The first-order valence-corrected chi connectivity index (χ1v) is 21.4. The van der Waals surface area contributed by atoms with Crippen molar-refractivity contribution in [3.8, 4) is 0 Å². The minimum atomic E-state index is -1.68. The first kappa shape index (κ1) is 45.3. The Labute approximate surface area is 312 Å². The van der Waals surface area contributed by atoms with Crippen LogP contribution in [0.3, 0.4) is 0 Å². The zero-order valence-corrected chi connectivity index (χ0v) is 33.6. The number of benzene rings is 4. The molecule has 2 aliphatic rings. The van der Waals surface area contributed by atoms with Crippen molar-refractivity contribution in [1.82, 2.24) is 5.32 Å². The van der Waals surface area contributed by atoms with E-state index < -0.39 is 6.89 Å². The van der Waals surface area contributed by atoms with Crippen molar-refractivity contribution in [2.24, 2.45) is 11.3 Å². The molecular weight excluding hydrogens is 641 g/mol. The van der Waals surface area contributed by atoms with E-state index in [0.717, 1.165) is 25.8 Å². The zero-order chi connectivity index (χ0) is 37.6. The van der Waals surface area contributed by atoms with Gasteiger partial charge in [-0.3, -0.25) is 4.79 Å². The first-order valence-electron chi connectivity index (χ1n) is 19.5. The highest BCUT2D eigenvalue weighted by atomic mass is 31.2. The highest BCUT2D eigenvalue weighted by Gasteiger charge is 2.29. The molecule has 0 heterocycles. The van der Waals surface area contributed by atoms with E-state index in [0.29, 0.717) is 17.2 Å². The van der Waals surface area contributed by atoms with E-state index in [-0.39, 0.29) is 0 Å². The molecule has 3 nitrogen and oxygen atoms in total. The van der Waals surface area contributed by atoms with Crippen LogP contribution in [0.4, 0.5) is 0 Å². The van der Waals surface area contributed by atoms with E-state index in [9.17, 15) is 4.79 Å². The quantitative estimate of drug-likeness (QED) is 0.194. The van der Waals surface area contributed by atoms with Crippen LogP contribution < -0.4 is 21.2 Å². The summed E-state index contributed by atoms with van der Waals surface area (Å²) in [7, 11) is 0. The van der Waals surface area contributed by atoms with Gasteiger partial charge in [0.15, 0.2) is 0 Å². The molecule has 2 fully saturated rings. The van der Waals surface area contributed by atoms with Crippen LogP contribution in [0.15, 0.2) is 127 Å². The number of carbonyl (C=O) groups excluding carboxylic acids is 2. The standard InChI is InChI=1S/C21H21P.C15H27NO.C6H6.2C2H6.CH2O/c1-2-18-22(19-12-6-3-7-13-19,20-14-8-4-9-15-20)21-16-10-5-11-17-21;1-15(10-6-3-7-11-15)12-16-14(17)13-8-4-2-5-9-13;1-2-4-6-5-3-1;3*1-2/h3-18H,2H2,1H3;13H,2-12H2,1H3,(H,16,17);1-6H;2*1-2H3;1H2. The van der Waals surface area contributed by atoms with Gasteiger partial charge in [0.2, 0.25) is 5.91 Å². The van der Waals surface area contributed by atoms with Crippen molar-refractivity contribution < 1.29 is 9.59 Å². The van der Waals surface area contributed by atoms with E-state index in [2.05, 4.69) is 116 Å². The van der Waals surface area contributed by atoms with Gasteiger partial charge in [0.05, 0.1) is 0 Å². The van der Waals surface area contributed by atoms with Crippen LogP contribution in [0.5, 0.6) is 0 Å². The van der Waals surface area contributed by atoms with Crippen molar-refractivity contribution in [2.75, 3.05) is 6.54 Å². The van der Waals surface area contributed by atoms with Crippen molar-refractivity contribution in [3.63, 3.8) is 0 Å². The lowest BCUT2D eigenvalue weighted by Crippen LogP contribution is -2.40. The number of carbonyl (C=O) groups is 2. The maximum absolute atomic E-state index is 12.1. The molecule has 2 saturated carbocycles. The lowest BCUT2D eigenvalue weighted by Gasteiger charge is -2.34. The molecule has 0 radical (unpaired) electrons. The van der Waals surface area contributed by atoms with Crippen LogP contribution in [0.25, 0.3) is 0 Å². The predicted molar refractivity (Wildman–Crippen MR) is 229 cm³/mol. The van der Waals surface area contributed by atoms with E-state index in [1.165, 1.54) is 67.3 Å². The second-order valence-electron chi connectivity index (χ2n) is 12.9. The summed E-state index contributed by atoms with van der Waals surface area (Å²) in [6.07, 6.45) is 13.7. The molecule has 0 bridgehead atoms. The van der Waals surface area contributed by atoms with E-state index >= 15 is 0 Å². The van der Waals surface area contributed by atoms with Gasteiger partial charge in [0.1, 0.15) is 6.79 Å². The average Bonchev–Trinajstić information content (AvgIpc) is 3.24. The van der Waals surface area contributed by atoms with E-state index in [1.807, 2.05) is 70.9 Å². The monoisotopic (exact) mass is 709 g/mol. The van der Waals surface area contributed by atoms with Crippen LogP contribution >= 0.6 is 6.89 Å². The highest BCUT2D eigenvalue weighted by Crippen LogP contribution is 2.43. The van der Waals surface area contributed by atoms with Gasteiger partial charge in [0.25, 0.3) is 0 Å². The number of hydrogen-bond acceptors (Lipinski definition) is 2. The normalized spacial score (nSPS) is 14.5. The van der Waals surface area contributed by atoms with Crippen LogP contribution in [0, 0.1) is 11.3 Å². The Morgan fingerprint density at radius 1 is 0.627 bits per heavy atom. The van der Waals surface area contributed by atoms with Gasteiger partial charge < -0.3 is 10.1 Å². The largest absolute Gasteiger partial charge is 0.355 e. The predicted octanol–water partition coefficient (Wildman–Crippen LogP) is 11.4. The lowest BCUT2D eigenvalue weighted by molar-refractivity contribution is -0.126. The van der Waals surface area contributed by atoms with Crippen molar-refractivity contribution in [2.45, 2.75) is 112 Å². The van der Waals surface area contributed by atoms with Gasteiger partial charge in [0, 0.05) is 12.5 Å². The van der Waals surface area contributed by atoms with Crippen LogP contribution in [0.1, 0.15) is 112 Å². The zero-order valence-electron chi connectivity index (χ0n) is 32.7. The van der Waals surface area contributed by atoms with Crippen molar-refractivity contribution in [3.05, 3.63) is 127 Å². The Bertz CT molecular complexity index is 1300. The Kier molecular flexibility index (Phi) is 24.9. The summed E-state index contributed by atoms with van der Waals surface area (Å²) in [6.45, 7) is 13.8. The molecule has 0 spiro atoms. The molecule has 4 aromatic carbocycles. The molecule has 4 heteroatoms. The van der Waals surface area contributed by atoms with Crippen molar-refractivity contribution in [1.29, 1.82) is 0 Å². The minimum Gasteiger partial charge on any atom is -0.355 e. The maximum atomic E-state index is 12.1. The summed E-state index contributed by atoms with van der Waals surface area (Å²) in [5.74, 6) is 3.18. The summed E-state index contributed by atoms with van der Waals surface area (Å²) in [6, 6.07) is 44.9. The fraction of sp³-hybridized carbons (Fsp3) is 0.426. The molecule has 1 amide bonds. The SMILES string of the molecule is C=O.CC.CC.CC1(CNC(=O)C2CCCCC2)CCCCC1.CCC=P(c1ccccc1)(c1ccccc1)c1ccccc1.c1ccccc1. The lowest BCUT2D eigenvalue weighted by atomic mass is 9.75. The smallest absolute Gasteiger partial charge is 0.223 e. The number of rotatable bonds is 7. The van der Waals surface area contributed by atoms with Crippen molar-refractivity contribution >= 4 is 41.3 Å². The molecule has 0 aliphatic heterocycles. The summed E-state index contributed by atoms with van der Waals surface area (Å²) < 4.78 is 0. The molecule has 278 valence electrons. The molecule has 0 saturated heterocycles. The van der Waals surface area contributed by atoms with E-state index in [1.54, 1.807) is 0 Å².